The average Bonchev–Trinajstić information content (AvgIpc) is 2.83. The Labute approximate surface area is 129 Å². The van der Waals surface area contributed by atoms with E-state index >= 15 is 0 Å². The zero-order valence-electron chi connectivity index (χ0n) is 12.6. The van der Waals surface area contributed by atoms with Crippen LogP contribution in [0.3, 0.4) is 0 Å². The van der Waals surface area contributed by atoms with E-state index in [9.17, 15) is 15.0 Å². The van der Waals surface area contributed by atoms with Gasteiger partial charge in [0, 0.05) is 18.8 Å². The zero-order valence-corrected chi connectivity index (χ0v) is 12.6. The number of hydrogen-bond acceptors (Lipinski definition) is 7. The normalized spacial score (nSPS) is 31.3. The Kier molecular flexibility index (Phi) is 5.96. The summed E-state index contributed by atoms with van der Waals surface area (Å²) in [5.41, 5.74) is 0.455. The highest BCUT2D eigenvalue weighted by Gasteiger charge is 2.44. The summed E-state index contributed by atoms with van der Waals surface area (Å²) < 4.78 is 10.6. The molecule has 0 spiro atoms. The number of allylic oxidation sites excluding steroid dienone is 1. The topological polar surface area (TPSA) is 99.5 Å². The molecule has 22 heavy (non-hydrogen) atoms. The SMILES string of the molecule is CCCCOC(=O)C1=CN(C2OC(CO)C(O)C2O)C=CC1. The first-order valence-corrected chi connectivity index (χ1v) is 7.52. The molecule has 2 rings (SSSR count). The van der Waals surface area contributed by atoms with Gasteiger partial charge in [0.1, 0.15) is 18.3 Å². The molecular weight excluding hydrogens is 290 g/mol. The first-order valence-electron chi connectivity index (χ1n) is 7.52. The van der Waals surface area contributed by atoms with Gasteiger partial charge in [-0.15, -0.1) is 0 Å². The highest BCUT2D eigenvalue weighted by Crippen LogP contribution is 2.27. The lowest BCUT2D eigenvalue weighted by Gasteiger charge is -2.28. The molecule has 1 fully saturated rings. The highest BCUT2D eigenvalue weighted by atomic mass is 16.6. The summed E-state index contributed by atoms with van der Waals surface area (Å²) in [6, 6.07) is 0. The molecule has 0 aromatic carbocycles. The number of hydrogen-bond donors (Lipinski definition) is 3. The van der Waals surface area contributed by atoms with Gasteiger partial charge >= 0.3 is 5.97 Å². The van der Waals surface area contributed by atoms with Gasteiger partial charge in [0.15, 0.2) is 6.23 Å². The molecule has 2 aliphatic heterocycles. The van der Waals surface area contributed by atoms with Crippen LogP contribution in [0, 0.1) is 0 Å². The number of carbonyl (C=O) groups excluding carboxylic acids is 1. The van der Waals surface area contributed by atoms with Gasteiger partial charge in [-0.1, -0.05) is 19.4 Å². The third-order valence-corrected chi connectivity index (χ3v) is 3.72. The Hall–Kier alpha value is -1.41. The number of carbonyl (C=O) groups is 1. The molecule has 7 heteroatoms. The lowest BCUT2D eigenvalue weighted by molar-refractivity contribution is -0.139. The van der Waals surface area contributed by atoms with E-state index in [2.05, 4.69) is 0 Å². The van der Waals surface area contributed by atoms with Crippen LogP contribution in [0.1, 0.15) is 26.2 Å². The first kappa shape index (κ1) is 17.0. The molecule has 0 saturated carbocycles. The smallest absolute Gasteiger partial charge is 0.335 e. The Balaban J connectivity index is 2.01. The number of unbranched alkanes of at least 4 members (excludes halogenated alkanes) is 1. The van der Waals surface area contributed by atoms with Crippen LogP contribution in [0.15, 0.2) is 24.0 Å². The first-order chi connectivity index (χ1) is 10.6. The van der Waals surface area contributed by atoms with Crippen LogP contribution in [0.2, 0.25) is 0 Å². The fourth-order valence-corrected chi connectivity index (χ4v) is 2.40. The van der Waals surface area contributed by atoms with Gasteiger partial charge in [-0.3, -0.25) is 0 Å². The second-order valence-corrected chi connectivity index (χ2v) is 5.41. The molecule has 0 radical (unpaired) electrons. The van der Waals surface area contributed by atoms with E-state index < -0.39 is 30.5 Å². The molecule has 3 N–H and O–H groups in total. The van der Waals surface area contributed by atoms with Crippen LogP contribution < -0.4 is 0 Å². The second kappa shape index (κ2) is 7.73. The molecule has 0 aliphatic carbocycles. The number of aliphatic hydroxyl groups excluding tert-OH is 3. The van der Waals surface area contributed by atoms with Crippen LogP contribution in [0.25, 0.3) is 0 Å². The van der Waals surface area contributed by atoms with Gasteiger partial charge in [0.2, 0.25) is 0 Å². The van der Waals surface area contributed by atoms with Crippen molar-refractivity contribution in [1.82, 2.24) is 4.90 Å². The van der Waals surface area contributed by atoms with Crippen LogP contribution in [-0.2, 0) is 14.3 Å². The summed E-state index contributed by atoms with van der Waals surface area (Å²) in [6.45, 7) is 2.01. The van der Waals surface area contributed by atoms with E-state index in [0.717, 1.165) is 12.8 Å². The number of nitrogens with zero attached hydrogens (tertiary/aromatic N) is 1. The summed E-state index contributed by atoms with van der Waals surface area (Å²) in [4.78, 5) is 13.5. The molecule has 124 valence electrons. The van der Waals surface area contributed by atoms with E-state index in [1.54, 1.807) is 18.5 Å². The third-order valence-electron chi connectivity index (χ3n) is 3.72. The lowest BCUT2D eigenvalue weighted by Crippen LogP contribution is -2.40. The van der Waals surface area contributed by atoms with Crippen LogP contribution in [-0.4, -0.2) is 63.9 Å². The predicted octanol–water partition coefficient (Wildman–Crippen LogP) is -0.128. The van der Waals surface area contributed by atoms with Gasteiger partial charge in [-0.2, -0.15) is 0 Å². The maximum Gasteiger partial charge on any atom is 0.335 e. The Morgan fingerprint density at radius 1 is 1.45 bits per heavy atom. The minimum Gasteiger partial charge on any atom is -0.462 e. The molecule has 2 heterocycles. The zero-order chi connectivity index (χ0) is 16.1. The Morgan fingerprint density at radius 2 is 2.23 bits per heavy atom. The molecule has 4 atom stereocenters. The van der Waals surface area contributed by atoms with Gasteiger partial charge in [0.05, 0.1) is 18.8 Å². The molecule has 4 unspecified atom stereocenters. The number of ether oxygens (including phenoxy) is 2. The molecular formula is C15H23NO6. The van der Waals surface area contributed by atoms with Crippen molar-refractivity contribution in [2.45, 2.75) is 50.7 Å². The summed E-state index contributed by atoms with van der Waals surface area (Å²) in [5.74, 6) is -0.394. The minimum absolute atomic E-state index is 0.379. The van der Waals surface area contributed by atoms with Gasteiger partial charge in [-0.25, -0.2) is 4.79 Å². The van der Waals surface area contributed by atoms with Gasteiger partial charge < -0.3 is 29.7 Å². The lowest BCUT2D eigenvalue weighted by atomic mass is 10.1. The maximum absolute atomic E-state index is 12.0. The number of esters is 1. The summed E-state index contributed by atoms with van der Waals surface area (Å²) >= 11 is 0. The largest absolute Gasteiger partial charge is 0.462 e. The van der Waals surface area contributed by atoms with Crippen molar-refractivity contribution in [3.05, 3.63) is 24.0 Å². The van der Waals surface area contributed by atoms with Gasteiger partial charge in [-0.05, 0) is 6.42 Å². The molecule has 1 saturated heterocycles. The predicted molar refractivity (Wildman–Crippen MR) is 77.3 cm³/mol. The van der Waals surface area contributed by atoms with Crippen molar-refractivity contribution in [3.63, 3.8) is 0 Å². The van der Waals surface area contributed by atoms with Crippen molar-refractivity contribution < 1.29 is 29.6 Å². The van der Waals surface area contributed by atoms with E-state index in [4.69, 9.17) is 14.6 Å². The molecule has 7 nitrogen and oxygen atoms in total. The summed E-state index contributed by atoms with van der Waals surface area (Å²) in [7, 11) is 0. The quantitative estimate of drug-likeness (QED) is 0.464. The van der Waals surface area contributed by atoms with Crippen LogP contribution in [0.5, 0.6) is 0 Å². The molecule has 2 aliphatic rings. The summed E-state index contributed by atoms with van der Waals surface area (Å²) in [6.07, 6.45) is 3.14. The molecule has 0 aromatic rings. The van der Waals surface area contributed by atoms with Crippen LogP contribution >= 0.6 is 0 Å². The molecule has 0 amide bonds. The fraction of sp³-hybridized carbons (Fsp3) is 0.667. The van der Waals surface area contributed by atoms with E-state index in [-0.39, 0.29) is 6.61 Å². The standard InChI is InChI=1S/C15H23NO6/c1-2-3-7-21-15(20)10-5-4-6-16(8-10)14-13(19)12(18)11(9-17)22-14/h4,6,8,11-14,17-19H,2-3,5,7,9H2,1H3. The Morgan fingerprint density at radius 3 is 2.86 bits per heavy atom. The van der Waals surface area contributed by atoms with Crippen molar-refractivity contribution in [1.29, 1.82) is 0 Å². The maximum atomic E-state index is 12.0. The van der Waals surface area contributed by atoms with E-state index in [0.29, 0.717) is 18.6 Å². The van der Waals surface area contributed by atoms with Crippen LogP contribution in [0.4, 0.5) is 0 Å². The van der Waals surface area contributed by atoms with E-state index in [1.165, 1.54) is 4.90 Å². The van der Waals surface area contributed by atoms with Crippen molar-refractivity contribution in [2.24, 2.45) is 0 Å². The van der Waals surface area contributed by atoms with Crippen molar-refractivity contribution in [2.75, 3.05) is 13.2 Å². The minimum atomic E-state index is -1.17. The Bertz CT molecular complexity index is 449. The number of rotatable bonds is 6. The van der Waals surface area contributed by atoms with Crippen molar-refractivity contribution in [3.8, 4) is 0 Å². The molecule has 0 aromatic heterocycles. The molecule has 0 bridgehead atoms. The second-order valence-electron chi connectivity index (χ2n) is 5.41. The fourth-order valence-electron chi connectivity index (χ4n) is 2.40. The number of aliphatic hydroxyl groups is 3. The average molecular weight is 313 g/mol. The summed E-state index contributed by atoms with van der Waals surface area (Å²) in [5, 5.41) is 28.9. The monoisotopic (exact) mass is 313 g/mol. The third kappa shape index (κ3) is 3.67. The highest BCUT2D eigenvalue weighted by molar-refractivity contribution is 5.88. The van der Waals surface area contributed by atoms with Crippen molar-refractivity contribution >= 4 is 5.97 Å². The van der Waals surface area contributed by atoms with Gasteiger partial charge in [0.25, 0.3) is 0 Å². The van der Waals surface area contributed by atoms with E-state index in [1.807, 2.05) is 6.92 Å².